The summed E-state index contributed by atoms with van der Waals surface area (Å²) in [7, 11) is 3.55. The maximum atomic E-state index is 12.0. The summed E-state index contributed by atoms with van der Waals surface area (Å²) in [4.78, 5) is 25.0. The van der Waals surface area contributed by atoms with Gasteiger partial charge in [0.2, 0.25) is 17.7 Å². The van der Waals surface area contributed by atoms with Crippen molar-refractivity contribution in [1.29, 1.82) is 0 Å². The molecule has 23 heavy (non-hydrogen) atoms. The van der Waals surface area contributed by atoms with Crippen molar-refractivity contribution >= 4 is 27.8 Å². The Morgan fingerprint density at radius 2 is 2.09 bits per heavy atom. The second kappa shape index (κ2) is 7.03. The third kappa shape index (κ3) is 3.94. The van der Waals surface area contributed by atoms with Gasteiger partial charge in [-0.15, -0.1) is 0 Å². The molecule has 6 nitrogen and oxygen atoms in total. The molecular weight excluding hydrogens is 360 g/mol. The van der Waals surface area contributed by atoms with Crippen LogP contribution in [0.5, 0.6) is 5.88 Å². The number of ether oxygens (including phenoxy) is 1. The largest absolute Gasteiger partial charge is 0.480 e. The molecule has 126 valence electrons. The highest BCUT2D eigenvalue weighted by Crippen LogP contribution is 2.31. The Kier molecular flexibility index (Phi) is 5.04. The van der Waals surface area contributed by atoms with Gasteiger partial charge >= 0.3 is 0 Å². The van der Waals surface area contributed by atoms with Crippen LogP contribution in [0.4, 0.5) is 5.95 Å². The van der Waals surface area contributed by atoms with E-state index in [0.717, 1.165) is 49.8 Å². The molecule has 1 aromatic rings. The van der Waals surface area contributed by atoms with E-state index in [-0.39, 0.29) is 0 Å². The first-order valence-electron chi connectivity index (χ1n) is 8.15. The lowest BCUT2D eigenvalue weighted by atomic mass is 9.96. The van der Waals surface area contributed by atoms with Crippen molar-refractivity contribution in [3.63, 3.8) is 0 Å². The molecule has 1 saturated carbocycles. The van der Waals surface area contributed by atoms with E-state index in [1.165, 1.54) is 0 Å². The van der Waals surface area contributed by atoms with Crippen LogP contribution in [-0.4, -0.2) is 54.6 Å². The highest BCUT2D eigenvalue weighted by atomic mass is 79.9. The monoisotopic (exact) mass is 382 g/mol. The SMILES string of the molecule is COc1nc(N2CCC(CN(C)C(=O)C3CC3)CC2)ncc1Br. The van der Waals surface area contributed by atoms with E-state index in [1.54, 1.807) is 13.3 Å². The van der Waals surface area contributed by atoms with Crippen LogP contribution in [0.15, 0.2) is 10.7 Å². The van der Waals surface area contributed by atoms with Crippen molar-refractivity contribution in [3.05, 3.63) is 10.7 Å². The van der Waals surface area contributed by atoms with Gasteiger partial charge in [0.05, 0.1) is 17.8 Å². The molecule has 1 amide bonds. The summed E-state index contributed by atoms with van der Waals surface area (Å²) in [6.07, 6.45) is 6.00. The van der Waals surface area contributed by atoms with Gasteiger partial charge in [0.25, 0.3) is 0 Å². The second-order valence-electron chi connectivity index (χ2n) is 6.45. The zero-order chi connectivity index (χ0) is 16.4. The Morgan fingerprint density at radius 1 is 1.39 bits per heavy atom. The van der Waals surface area contributed by atoms with Crippen molar-refractivity contribution in [1.82, 2.24) is 14.9 Å². The van der Waals surface area contributed by atoms with Crippen LogP contribution >= 0.6 is 15.9 Å². The van der Waals surface area contributed by atoms with E-state index in [1.807, 2.05) is 11.9 Å². The first-order valence-corrected chi connectivity index (χ1v) is 8.94. The van der Waals surface area contributed by atoms with Crippen LogP contribution in [0.3, 0.4) is 0 Å². The number of hydrogen-bond acceptors (Lipinski definition) is 5. The molecule has 2 aliphatic rings. The second-order valence-corrected chi connectivity index (χ2v) is 7.31. The number of methoxy groups -OCH3 is 1. The van der Waals surface area contributed by atoms with E-state index in [4.69, 9.17) is 4.74 Å². The Hall–Kier alpha value is -1.37. The number of aromatic nitrogens is 2. The first kappa shape index (κ1) is 16.5. The van der Waals surface area contributed by atoms with E-state index < -0.39 is 0 Å². The molecule has 0 radical (unpaired) electrons. The Labute approximate surface area is 145 Å². The lowest BCUT2D eigenvalue weighted by molar-refractivity contribution is -0.131. The number of rotatable bonds is 5. The summed E-state index contributed by atoms with van der Waals surface area (Å²) in [6.45, 7) is 2.70. The van der Waals surface area contributed by atoms with E-state index in [9.17, 15) is 4.79 Å². The highest BCUT2D eigenvalue weighted by Gasteiger charge is 2.33. The summed E-state index contributed by atoms with van der Waals surface area (Å²) >= 11 is 3.38. The van der Waals surface area contributed by atoms with Crippen molar-refractivity contribution < 1.29 is 9.53 Å². The smallest absolute Gasteiger partial charge is 0.232 e. The van der Waals surface area contributed by atoms with Gasteiger partial charge in [-0.05, 0) is 47.5 Å². The molecule has 1 aromatic heterocycles. The molecule has 2 fully saturated rings. The number of halogens is 1. The molecule has 0 atom stereocenters. The fourth-order valence-electron chi connectivity index (χ4n) is 3.07. The predicted molar refractivity (Wildman–Crippen MR) is 91.6 cm³/mol. The summed E-state index contributed by atoms with van der Waals surface area (Å²) in [6, 6.07) is 0. The molecule has 0 N–H and O–H groups in total. The summed E-state index contributed by atoms with van der Waals surface area (Å²) in [5.41, 5.74) is 0. The zero-order valence-electron chi connectivity index (χ0n) is 13.7. The van der Waals surface area contributed by atoms with E-state index in [0.29, 0.717) is 29.6 Å². The maximum Gasteiger partial charge on any atom is 0.232 e. The number of amides is 1. The quantitative estimate of drug-likeness (QED) is 0.781. The number of carbonyl (C=O) groups is 1. The molecule has 3 rings (SSSR count). The van der Waals surface area contributed by atoms with Crippen LogP contribution in [0.25, 0.3) is 0 Å². The minimum atomic E-state index is 0.309. The molecule has 1 saturated heterocycles. The Balaban J connectivity index is 1.52. The summed E-state index contributed by atoms with van der Waals surface area (Å²) in [5.74, 6) is 2.48. The van der Waals surface area contributed by atoms with Crippen LogP contribution in [0.2, 0.25) is 0 Å². The standard InChI is InChI=1S/C16H23BrN4O2/c1-20(15(22)12-3-4-12)10-11-5-7-21(8-6-11)16-18-9-13(17)14(19-16)23-2/h9,11-12H,3-8,10H2,1-2H3. The summed E-state index contributed by atoms with van der Waals surface area (Å²) < 4.78 is 6.00. The van der Waals surface area contributed by atoms with Crippen molar-refractivity contribution in [3.8, 4) is 5.88 Å². The molecule has 0 spiro atoms. The van der Waals surface area contributed by atoms with Crippen molar-refractivity contribution in [2.45, 2.75) is 25.7 Å². The first-order chi connectivity index (χ1) is 11.1. The average molecular weight is 383 g/mol. The molecule has 7 heteroatoms. The van der Waals surface area contributed by atoms with Gasteiger partial charge < -0.3 is 14.5 Å². The number of carbonyl (C=O) groups excluding carboxylic acids is 1. The topological polar surface area (TPSA) is 58.6 Å². The van der Waals surface area contributed by atoms with E-state index >= 15 is 0 Å². The van der Waals surface area contributed by atoms with Crippen LogP contribution in [0, 0.1) is 11.8 Å². The molecule has 0 aromatic carbocycles. The minimum Gasteiger partial charge on any atom is -0.480 e. The number of hydrogen-bond donors (Lipinski definition) is 0. The fourth-order valence-corrected chi connectivity index (χ4v) is 3.43. The van der Waals surface area contributed by atoms with Gasteiger partial charge in [0.15, 0.2) is 0 Å². The molecule has 1 aliphatic heterocycles. The lowest BCUT2D eigenvalue weighted by Gasteiger charge is -2.34. The van der Waals surface area contributed by atoms with Gasteiger partial charge in [-0.3, -0.25) is 4.79 Å². The fraction of sp³-hybridized carbons (Fsp3) is 0.688. The Bertz CT molecular complexity index is 571. The molecule has 0 bridgehead atoms. The zero-order valence-corrected chi connectivity index (χ0v) is 15.3. The van der Waals surface area contributed by atoms with Crippen molar-refractivity contribution in [2.24, 2.45) is 11.8 Å². The maximum absolute atomic E-state index is 12.0. The number of anilines is 1. The average Bonchev–Trinajstić information content (AvgIpc) is 3.40. The van der Waals surface area contributed by atoms with Crippen LogP contribution in [-0.2, 0) is 4.79 Å². The molecule has 1 aliphatic carbocycles. The molecule has 2 heterocycles. The van der Waals surface area contributed by atoms with E-state index in [2.05, 4.69) is 30.8 Å². The number of piperidine rings is 1. The van der Waals surface area contributed by atoms with Crippen molar-refractivity contribution in [2.75, 3.05) is 38.7 Å². The van der Waals surface area contributed by atoms with Crippen LogP contribution in [0.1, 0.15) is 25.7 Å². The van der Waals surface area contributed by atoms with Gasteiger partial charge in [0, 0.05) is 32.6 Å². The van der Waals surface area contributed by atoms with Crippen LogP contribution < -0.4 is 9.64 Å². The molecular formula is C16H23BrN4O2. The third-order valence-electron chi connectivity index (χ3n) is 4.62. The third-order valence-corrected chi connectivity index (χ3v) is 5.17. The van der Waals surface area contributed by atoms with Gasteiger partial charge in [0.1, 0.15) is 0 Å². The summed E-state index contributed by atoms with van der Waals surface area (Å²) in [5, 5.41) is 0. The van der Waals surface area contributed by atoms with Gasteiger partial charge in [-0.1, -0.05) is 0 Å². The van der Waals surface area contributed by atoms with Gasteiger partial charge in [-0.25, -0.2) is 4.98 Å². The highest BCUT2D eigenvalue weighted by molar-refractivity contribution is 9.10. The number of nitrogens with zero attached hydrogens (tertiary/aromatic N) is 4. The lowest BCUT2D eigenvalue weighted by Crippen LogP contribution is -2.40. The minimum absolute atomic E-state index is 0.309. The normalized spacial score (nSPS) is 18.8. The Morgan fingerprint density at radius 3 is 2.70 bits per heavy atom. The molecule has 0 unspecified atom stereocenters. The predicted octanol–water partition coefficient (Wildman–Crippen LogP) is 2.33. The van der Waals surface area contributed by atoms with Gasteiger partial charge in [-0.2, -0.15) is 4.98 Å².